The zero-order valence-electron chi connectivity index (χ0n) is 17.9. The van der Waals surface area contributed by atoms with Crippen LogP contribution < -0.4 is 11.2 Å². The van der Waals surface area contributed by atoms with Crippen LogP contribution in [0.2, 0.25) is 10.0 Å². The second-order valence-corrected chi connectivity index (χ2v) is 8.97. The highest BCUT2D eigenvalue weighted by Crippen LogP contribution is 2.28. The summed E-state index contributed by atoms with van der Waals surface area (Å²) in [6, 6.07) is 8.56. The second kappa shape index (κ2) is 11.3. The summed E-state index contributed by atoms with van der Waals surface area (Å²) < 4.78 is 0. The van der Waals surface area contributed by atoms with Crippen LogP contribution in [0.1, 0.15) is 43.1 Å². The van der Waals surface area contributed by atoms with Crippen LogP contribution in [0.4, 0.5) is 0 Å². The van der Waals surface area contributed by atoms with Gasteiger partial charge in [-0.2, -0.15) is 11.3 Å². The van der Waals surface area contributed by atoms with E-state index >= 15 is 0 Å². The first kappa shape index (κ1) is 26.2. The van der Waals surface area contributed by atoms with Crippen molar-refractivity contribution in [2.24, 2.45) is 5.84 Å². The highest BCUT2D eigenvalue weighted by Gasteiger charge is 2.33. The van der Waals surface area contributed by atoms with Gasteiger partial charge in [0.05, 0.1) is 15.6 Å². The number of carbonyl (C=O) groups excluding carboxylic acids is 3. The largest absolute Gasteiger partial charge is 0.508 e. The van der Waals surface area contributed by atoms with E-state index in [2.05, 4.69) is 5.32 Å². The summed E-state index contributed by atoms with van der Waals surface area (Å²) in [6.07, 6.45) is -0.556. The topological polar surface area (TPSA) is 150 Å². The molecule has 182 valence electrons. The standard InChI is InChI=1S/C23H19Cl2N3O6S/c24-16-7-14(21(31)27-10-12-2-1-3-15(29)6-12)8-17(25)20(16)22(32)28(26)18(23(33)34)9-19(30)13-4-5-35-11-13/h1-8,11,18,29H,9-10,26H2,(H,27,31)(H,33,34)/t18-/m0/s1. The third-order valence-corrected chi connectivity index (χ3v) is 6.24. The maximum atomic E-state index is 13.0. The van der Waals surface area contributed by atoms with E-state index in [1.807, 2.05) is 0 Å². The quantitative estimate of drug-likeness (QED) is 0.141. The minimum Gasteiger partial charge on any atom is -0.508 e. The van der Waals surface area contributed by atoms with Crippen molar-refractivity contribution in [3.05, 3.63) is 85.5 Å². The molecule has 0 aliphatic rings. The van der Waals surface area contributed by atoms with Gasteiger partial charge in [-0.15, -0.1) is 0 Å². The molecule has 35 heavy (non-hydrogen) atoms. The van der Waals surface area contributed by atoms with Gasteiger partial charge in [0.15, 0.2) is 11.8 Å². The zero-order valence-corrected chi connectivity index (χ0v) is 20.2. The van der Waals surface area contributed by atoms with Crippen LogP contribution in [-0.2, 0) is 11.3 Å². The molecule has 3 rings (SSSR count). The molecule has 5 N–H and O–H groups in total. The normalized spacial score (nSPS) is 11.5. The Morgan fingerprint density at radius 1 is 1.06 bits per heavy atom. The molecular formula is C23H19Cl2N3O6S. The monoisotopic (exact) mass is 535 g/mol. The number of halogens is 2. The minimum atomic E-state index is -1.67. The van der Waals surface area contributed by atoms with Gasteiger partial charge in [-0.1, -0.05) is 35.3 Å². The number of aromatic hydroxyl groups is 1. The van der Waals surface area contributed by atoms with E-state index in [4.69, 9.17) is 29.0 Å². The first-order valence-electron chi connectivity index (χ1n) is 10.00. The lowest BCUT2D eigenvalue weighted by Gasteiger charge is -2.24. The molecule has 0 saturated heterocycles. The summed E-state index contributed by atoms with van der Waals surface area (Å²) in [5, 5.41) is 24.9. The van der Waals surface area contributed by atoms with E-state index in [9.17, 15) is 29.4 Å². The Bertz CT molecular complexity index is 1260. The van der Waals surface area contributed by atoms with E-state index in [-0.39, 0.29) is 33.5 Å². The number of hydrazine groups is 1. The van der Waals surface area contributed by atoms with Crippen molar-refractivity contribution in [1.82, 2.24) is 10.3 Å². The molecule has 3 aromatic rings. The SMILES string of the molecule is NN(C(=O)c1c(Cl)cc(C(=O)NCc2cccc(O)c2)cc1Cl)[C@@H](CC(=O)c1ccsc1)C(=O)O. The number of benzene rings is 2. The van der Waals surface area contributed by atoms with Crippen LogP contribution in [0, 0.1) is 0 Å². The second-order valence-electron chi connectivity index (χ2n) is 7.37. The summed E-state index contributed by atoms with van der Waals surface area (Å²) in [4.78, 5) is 49.6. The van der Waals surface area contributed by atoms with Gasteiger partial charge in [0, 0.05) is 29.5 Å². The van der Waals surface area contributed by atoms with E-state index in [1.54, 1.807) is 22.9 Å². The Morgan fingerprint density at radius 3 is 2.31 bits per heavy atom. The number of hydrogen-bond donors (Lipinski definition) is 4. The van der Waals surface area contributed by atoms with Crippen molar-refractivity contribution < 1.29 is 29.4 Å². The average Bonchev–Trinajstić information content (AvgIpc) is 3.35. The molecule has 0 radical (unpaired) electrons. The first-order chi connectivity index (χ1) is 16.6. The average molecular weight is 536 g/mol. The number of nitrogens with one attached hydrogen (secondary N) is 1. The van der Waals surface area contributed by atoms with Crippen LogP contribution in [0.15, 0.2) is 53.2 Å². The number of thiophene rings is 1. The number of carboxylic acids is 1. The van der Waals surface area contributed by atoms with Crippen molar-refractivity contribution >= 4 is 58.1 Å². The van der Waals surface area contributed by atoms with Crippen LogP contribution in [0.25, 0.3) is 0 Å². The predicted molar refractivity (Wildman–Crippen MR) is 131 cm³/mol. The minimum absolute atomic E-state index is 0.0442. The van der Waals surface area contributed by atoms with Crippen molar-refractivity contribution in [3.63, 3.8) is 0 Å². The number of amides is 2. The Balaban J connectivity index is 1.76. The number of nitrogens with zero attached hydrogens (tertiary/aromatic N) is 1. The molecule has 0 saturated carbocycles. The number of carbonyl (C=O) groups is 4. The smallest absolute Gasteiger partial charge is 0.328 e. The third-order valence-electron chi connectivity index (χ3n) is 4.96. The molecule has 1 atom stereocenters. The lowest BCUT2D eigenvalue weighted by Crippen LogP contribution is -2.50. The molecular weight excluding hydrogens is 517 g/mol. The van der Waals surface area contributed by atoms with Gasteiger partial charge in [-0.3, -0.25) is 19.4 Å². The molecule has 1 aromatic heterocycles. The van der Waals surface area contributed by atoms with Gasteiger partial charge in [-0.05, 0) is 41.3 Å². The molecule has 0 bridgehead atoms. The molecule has 0 spiro atoms. The summed E-state index contributed by atoms with van der Waals surface area (Å²) in [5.74, 6) is 2.27. The van der Waals surface area contributed by atoms with Crippen molar-refractivity contribution in [1.29, 1.82) is 0 Å². The molecule has 9 nitrogen and oxygen atoms in total. The number of phenolic OH excluding ortho intramolecular Hbond substituents is 1. The van der Waals surface area contributed by atoms with E-state index in [1.165, 1.54) is 41.7 Å². The van der Waals surface area contributed by atoms with E-state index < -0.39 is 36.0 Å². The Kier molecular flexibility index (Phi) is 8.47. The zero-order chi connectivity index (χ0) is 25.7. The van der Waals surface area contributed by atoms with Gasteiger partial charge < -0.3 is 15.5 Å². The summed E-state index contributed by atoms with van der Waals surface area (Å²) in [7, 11) is 0. The van der Waals surface area contributed by atoms with Gasteiger partial charge in [0.25, 0.3) is 11.8 Å². The molecule has 1 heterocycles. The molecule has 2 amide bonds. The van der Waals surface area contributed by atoms with Crippen molar-refractivity contribution in [2.45, 2.75) is 19.0 Å². The highest BCUT2D eigenvalue weighted by molar-refractivity contribution is 7.08. The van der Waals surface area contributed by atoms with Gasteiger partial charge >= 0.3 is 5.97 Å². The molecule has 0 aliphatic carbocycles. The Labute approximate surface area is 213 Å². The Morgan fingerprint density at radius 2 is 1.74 bits per heavy atom. The van der Waals surface area contributed by atoms with Crippen LogP contribution in [-0.4, -0.2) is 44.8 Å². The molecule has 12 heteroatoms. The van der Waals surface area contributed by atoms with Crippen LogP contribution >= 0.6 is 34.5 Å². The molecule has 0 aliphatic heterocycles. The number of phenols is 1. The van der Waals surface area contributed by atoms with E-state index in [0.29, 0.717) is 16.1 Å². The number of carboxylic acid groups (broad SMARTS) is 1. The summed E-state index contributed by atoms with van der Waals surface area (Å²) in [5.41, 5.74) is 0.689. The lowest BCUT2D eigenvalue weighted by atomic mass is 10.0. The Hall–Kier alpha value is -3.44. The summed E-state index contributed by atoms with van der Waals surface area (Å²) >= 11 is 13.7. The van der Waals surface area contributed by atoms with Gasteiger partial charge in [-0.25, -0.2) is 10.6 Å². The maximum absolute atomic E-state index is 13.0. The summed E-state index contributed by atoms with van der Waals surface area (Å²) in [6.45, 7) is 0.109. The van der Waals surface area contributed by atoms with Gasteiger partial charge in [0.2, 0.25) is 0 Å². The highest BCUT2D eigenvalue weighted by atomic mass is 35.5. The number of ketones is 1. The van der Waals surface area contributed by atoms with Crippen LogP contribution in [0.3, 0.4) is 0 Å². The number of Topliss-reactive ketones (excluding diaryl/α,β-unsaturated/α-hetero) is 1. The fourth-order valence-corrected chi connectivity index (χ4v) is 4.46. The predicted octanol–water partition coefficient (Wildman–Crippen LogP) is 3.73. The molecule has 2 aromatic carbocycles. The van der Waals surface area contributed by atoms with Crippen molar-refractivity contribution in [2.75, 3.05) is 0 Å². The van der Waals surface area contributed by atoms with Gasteiger partial charge in [0.1, 0.15) is 5.75 Å². The van der Waals surface area contributed by atoms with Crippen LogP contribution in [0.5, 0.6) is 5.75 Å². The molecule has 0 unspecified atom stereocenters. The lowest BCUT2D eigenvalue weighted by molar-refractivity contribution is -0.142. The number of nitrogens with two attached hydrogens (primary N) is 1. The fraction of sp³-hybridized carbons (Fsp3) is 0.130. The third kappa shape index (κ3) is 6.37. The fourth-order valence-electron chi connectivity index (χ4n) is 3.15. The van der Waals surface area contributed by atoms with Crippen molar-refractivity contribution in [3.8, 4) is 5.75 Å². The number of aliphatic carboxylic acids is 1. The molecule has 0 fully saturated rings. The number of rotatable bonds is 9. The number of hydrogen-bond acceptors (Lipinski definition) is 7. The first-order valence-corrected chi connectivity index (χ1v) is 11.7. The van der Waals surface area contributed by atoms with E-state index in [0.717, 1.165) is 0 Å². The maximum Gasteiger partial charge on any atom is 0.328 e.